The molecule has 104 valence electrons. The highest BCUT2D eigenvalue weighted by Gasteiger charge is 2.26. The summed E-state index contributed by atoms with van der Waals surface area (Å²) in [5.74, 6) is 0.272. The molecular weight excluding hydrogens is 226 g/mol. The Labute approximate surface area is 110 Å². The van der Waals surface area contributed by atoms with Gasteiger partial charge >= 0.3 is 0 Å². The summed E-state index contributed by atoms with van der Waals surface area (Å²) in [5, 5.41) is 3.48. The lowest BCUT2D eigenvalue weighted by atomic mass is 9.91. The van der Waals surface area contributed by atoms with Crippen molar-refractivity contribution in [3.63, 3.8) is 0 Å². The molecule has 2 rings (SSSR count). The maximum Gasteiger partial charge on any atom is 0.239 e. The number of carbonyl (C=O) groups excluding carboxylic acids is 1. The minimum Gasteiger partial charge on any atom is -0.341 e. The molecule has 0 bridgehead atoms. The highest BCUT2D eigenvalue weighted by molar-refractivity contribution is 5.81. The third-order valence-corrected chi connectivity index (χ3v) is 4.24. The van der Waals surface area contributed by atoms with Gasteiger partial charge in [0, 0.05) is 25.2 Å². The summed E-state index contributed by atoms with van der Waals surface area (Å²) in [5.41, 5.74) is 5.98. The Morgan fingerprint density at radius 3 is 2.61 bits per heavy atom. The van der Waals surface area contributed by atoms with Crippen molar-refractivity contribution in [1.29, 1.82) is 0 Å². The van der Waals surface area contributed by atoms with Gasteiger partial charge in [-0.3, -0.25) is 4.79 Å². The second-order valence-electron chi connectivity index (χ2n) is 5.90. The molecule has 1 saturated carbocycles. The maximum absolute atomic E-state index is 12.3. The van der Waals surface area contributed by atoms with Crippen molar-refractivity contribution < 1.29 is 4.79 Å². The van der Waals surface area contributed by atoms with E-state index in [4.69, 9.17) is 5.73 Å². The van der Waals surface area contributed by atoms with E-state index in [9.17, 15) is 4.79 Å². The van der Waals surface area contributed by atoms with Crippen molar-refractivity contribution >= 4 is 5.91 Å². The molecule has 0 radical (unpaired) electrons. The fourth-order valence-electron chi connectivity index (χ4n) is 3.19. The Bertz CT molecular complexity index is 276. The lowest BCUT2D eigenvalue weighted by Gasteiger charge is -2.33. The van der Waals surface area contributed by atoms with Gasteiger partial charge in [0.2, 0.25) is 5.91 Å². The summed E-state index contributed by atoms with van der Waals surface area (Å²) in [6, 6.07) is 0.685. The second kappa shape index (κ2) is 6.53. The van der Waals surface area contributed by atoms with Crippen LogP contribution in [0.25, 0.3) is 0 Å². The lowest BCUT2D eigenvalue weighted by molar-refractivity contribution is -0.134. The molecule has 1 aliphatic carbocycles. The van der Waals surface area contributed by atoms with Crippen molar-refractivity contribution in [2.24, 2.45) is 5.73 Å². The summed E-state index contributed by atoms with van der Waals surface area (Å²) in [6.45, 7) is 3.88. The fourth-order valence-corrected chi connectivity index (χ4v) is 3.19. The van der Waals surface area contributed by atoms with Crippen molar-refractivity contribution in [3.8, 4) is 0 Å². The number of nitrogens with one attached hydrogen (secondary N) is 1. The average molecular weight is 253 g/mol. The molecule has 0 aromatic rings. The SMILES string of the molecule is CC(NC1CCCC(N)C1)C(=O)N1CCCCC1. The van der Waals surface area contributed by atoms with Crippen LogP contribution in [-0.2, 0) is 4.79 Å². The minimum atomic E-state index is -0.0570. The highest BCUT2D eigenvalue weighted by Crippen LogP contribution is 2.18. The normalized spacial score (nSPS) is 31.1. The van der Waals surface area contributed by atoms with Crippen LogP contribution in [-0.4, -0.2) is 42.0 Å². The van der Waals surface area contributed by atoms with E-state index in [-0.39, 0.29) is 11.9 Å². The van der Waals surface area contributed by atoms with E-state index in [1.807, 2.05) is 11.8 Å². The summed E-state index contributed by atoms with van der Waals surface area (Å²) in [7, 11) is 0. The Morgan fingerprint density at radius 1 is 1.22 bits per heavy atom. The first-order valence-corrected chi connectivity index (χ1v) is 7.47. The summed E-state index contributed by atoms with van der Waals surface area (Å²) in [4.78, 5) is 14.3. The van der Waals surface area contributed by atoms with Gasteiger partial charge < -0.3 is 16.0 Å². The number of hydrogen-bond acceptors (Lipinski definition) is 3. The number of piperidine rings is 1. The van der Waals surface area contributed by atoms with Crippen LogP contribution < -0.4 is 11.1 Å². The van der Waals surface area contributed by atoms with Gasteiger partial charge in [0.1, 0.15) is 0 Å². The van der Waals surface area contributed by atoms with Crippen LogP contribution in [0.15, 0.2) is 0 Å². The summed E-state index contributed by atoms with van der Waals surface area (Å²) in [6.07, 6.45) is 8.07. The van der Waals surface area contributed by atoms with Crippen molar-refractivity contribution in [1.82, 2.24) is 10.2 Å². The third-order valence-electron chi connectivity index (χ3n) is 4.24. The van der Waals surface area contributed by atoms with Gasteiger partial charge in [-0.25, -0.2) is 0 Å². The van der Waals surface area contributed by atoms with Crippen LogP contribution in [0.3, 0.4) is 0 Å². The number of amides is 1. The first-order valence-electron chi connectivity index (χ1n) is 7.47. The Hall–Kier alpha value is -0.610. The molecule has 1 heterocycles. The van der Waals surface area contributed by atoms with Crippen molar-refractivity contribution in [3.05, 3.63) is 0 Å². The molecule has 0 spiro atoms. The maximum atomic E-state index is 12.3. The van der Waals surface area contributed by atoms with Gasteiger partial charge in [-0.15, -0.1) is 0 Å². The smallest absolute Gasteiger partial charge is 0.239 e. The van der Waals surface area contributed by atoms with Crippen LogP contribution in [0.4, 0.5) is 0 Å². The zero-order valence-corrected chi connectivity index (χ0v) is 11.5. The molecule has 1 amide bonds. The zero-order chi connectivity index (χ0) is 13.0. The van der Waals surface area contributed by atoms with Crippen LogP contribution in [0.5, 0.6) is 0 Å². The third kappa shape index (κ3) is 3.69. The second-order valence-corrected chi connectivity index (χ2v) is 5.90. The molecular formula is C14H27N3O. The lowest BCUT2D eigenvalue weighted by Crippen LogP contribution is -2.51. The fraction of sp³-hybridized carbons (Fsp3) is 0.929. The molecule has 3 unspecified atom stereocenters. The van der Waals surface area contributed by atoms with E-state index in [0.717, 1.165) is 45.2 Å². The van der Waals surface area contributed by atoms with Crippen LogP contribution in [0.1, 0.15) is 51.9 Å². The Morgan fingerprint density at radius 2 is 1.94 bits per heavy atom. The molecule has 0 aromatic heterocycles. The van der Waals surface area contributed by atoms with Gasteiger partial charge in [0.15, 0.2) is 0 Å². The van der Waals surface area contributed by atoms with E-state index in [1.165, 1.54) is 12.8 Å². The standard InChI is InChI=1S/C14H27N3O/c1-11(14(18)17-8-3-2-4-9-17)16-13-7-5-6-12(15)10-13/h11-13,16H,2-10,15H2,1H3. The topological polar surface area (TPSA) is 58.4 Å². The van der Waals surface area contributed by atoms with Crippen molar-refractivity contribution in [2.75, 3.05) is 13.1 Å². The van der Waals surface area contributed by atoms with E-state index in [1.54, 1.807) is 0 Å². The van der Waals surface area contributed by atoms with E-state index in [0.29, 0.717) is 12.1 Å². The quantitative estimate of drug-likeness (QED) is 0.796. The average Bonchev–Trinajstić information content (AvgIpc) is 2.39. The van der Waals surface area contributed by atoms with Crippen LogP contribution in [0, 0.1) is 0 Å². The first-order chi connectivity index (χ1) is 8.66. The number of nitrogens with zero attached hydrogens (tertiary/aromatic N) is 1. The molecule has 1 saturated heterocycles. The van der Waals surface area contributed by atoms with E-state index >= 15 is 0 Å². The molecule has 0 aromatic carbocycles. The van der Waals surface area contributed by atoms with Crippen LogP contribution >= 0.6 is 0 Å². The molecule has 1 aliphatic heterocycles. The molecule has 4 nitrogen and oxygen atoms in total. The van der Waals surface area contributed by atoms with Gasteiger partial charge in [0.05, 0.1) is 6.04 Å². The molecule has 2 aliphatic rings. The predicted octanol–water partition coefficient (Wildman–Crippen LogP) is 1.25. The Kier molecular flexibility index (Phi) is 5.01. The first kappa shape index (κ1) is 13.8. The number of nitrogens with two attached hydrogens (primary N) is 1. The molecule has 3 atom stereocenters. The molecule has 3 N–H and O–H groups in total. The van der Waals surface area contributed by atoms with E-state index in [2.05, 4.69) is 5.32 Å². The summed E-state index contributed by atoms with van der Waals surface area (Å²) < 4.78 is 0. The molecule has 18 heavy (non-hydrogen) atoms. The number of rotatable bonds is 3. The van der Waals surface area contributed by atoms with E-state index < -0.39 is 0 Å². The molecule has 2 fully saturated rings. The van der Waals surface area contributed by atoms with Gasteiger partial charge in [0.25, 0.3) is 0 Å². The van der Waals surface area contributed by atoms with Gasteiger partial charge in [-0.2, -0.15) is 0 Å². The van der Waals surface area contributed by atoms with Crippen LogP contribution in [0.2, 0.25) is 0 Å². The van der Waals surface area contributed by atoms with Gasteiger partial charge in [-0.05, 0) is 45.4 Å². The molecule has 4 heteroatoms. The number of hydrogen-bond donors (Lipinski definition) is 2. The number of likely N-dealkylation sites (tertiary alicyclic amines) is 1. The minimum absolute atomic E-state index is 0.0570. The highest BCUT2D eigenvalue weighted by atomic mass is 16.2. The summed E-state index contributed by atoms with van der Waals surface area (Å²) >= 11 is 0. The van der Waals surface area contributed by atoms with Crippen molar-refractivity contribution in [2.45, 2.75) is 70.0 Å². The van der Waals surface area contributed by atoms with Gasteiger partial charge in [-0.1, -0.05) is 6.42 Å². The monoisotopic (exact) mass is 253 g/mol. The number of carbonyl (C=O) groups is 1. The Balaban J connectivity index is 1.79. The largest absolute Gasteiger partial charge is 0.341 e. The predicted molar refractivity (Wildman–Crippen MR) is 73.3 cm³/mol. The zero-order valence-electron chi connectivity index (χ0n) is 11.5.